The minimum Gasteiger partial charge on any atom is -0.457 e. The molecule has 0 saturated carbocycles. The Balaban J connectivity index is 2.10. The number of esters is 1. The van der Waals surface area contributed by atoms with Crippen molar-refractivity contribution in [1.29, 1.82) is 0 Å². The third-order valence-corrected chi connectivity index (χ3v) is 2.89. The summed E-state index contributed by atoms with van der Waals surface area (Å²) in [5, 5.41) is 0.134. The molecule has 0 saturated heterocycles. The second-order valence-corrected chi connectivity index (χ2v) is 4.46. The van der Waals surface area contributed by atoms with Gasteiger partial charge in [0.1, 0.15) is 18.2 Å². The van der Waals surface area contributed by atoms with Gasteiger partial charge in [-0.2, -0.15) is 0 Å². The molecule has 2 aromatic rings. The van der Waals surface area contributed by atoms with Crippen molar-refractivity contribution in [3.8, 4) is 0 Å². The Morgan fingerprint density at radius 3 is 2.65 bits per heavy atom. The van der Waals surface area contributed by atoms with Crippen molar-refractivity contribution in [1.82, 2.24) is 0 Å². The largest absolute Gasteiger partial charge is 0.457 e. The minimum absolute atomic E-state index is 0.0510. The van der Waals surface area contributed by atoms with Crippen LogP contribution in [0.3, 0.4) is 0 Å². The standard InChI is InChI=1S/C14H10ClF2NO2/c15-12-6-10(18)2-3-11(12)14(19)20-7-8-5-9(16)1-4-13(8)17/h1-6H,7,18H2. The fourth-order valence-electron chi connectivity index (χ4n) is 1.57. The number of anilines is 1. The highest BCUT2D eigenvalue weighted by molar-refractivity contribution is 6.33. The van der Waals surface area contributed by atoms with E-state index >= 15 is 0 Å². The lowest BCUT2D eigenvalue weighted by molar-refractivity contribution is 0.0468. The van der Waals surface area contributed by atoms with E-state index in [0.29, 0.717) is 5.69 Å². The van der Waals surface area contributed by atoms with Gasteiger partial charge in [-0.1, -0.05) is 11.6 Å². The van der Waals surface area contributed by atoms with E-state index in [1.54, 1.807) is 0 Å². The van der Waals surface area contributed by atoms with Gasteiger partial charge in [-0.25, -0.2) is 13.6 Å². The van der Waals surface area contributed by atoms with E-state index in [2.05, 4.69) is 0 Å². The van der Waals surface area contributed by atoms with Gasteiger partial charge in [-0.15, -0.1) is 0 Å². The number of halogens is 3. The number of nitrogens with two attached hydrogens (primary N) is 1. The van der Waals surface area contributed by atoms with Gasteiger partial charge < -0.3 is 10.5 Å². The molecule has 0 heterocycles. The number of ether oxygens (including phenoxy) is 1. The van der Waals surface area contributed by atoms with Crippen molar-refractivity contribution in [2.45, 2.75) is 6.61 Å². The van der Waals surface area contributed by atoms with Gasteiger partial charge in [0, 0.05) is 11.3 Å². The highest BCUT2D eigenvalue weighted by Crippen LogP contribution is 2.20. The van der Waals surface area contributed by atoms with E-state index in [-0.39, 0.29) is 22.8 Å². The molecule has 0 aliphatic heterocycles. The van der Waals surface area contributed by atoms with E-state index < -0.39 is 17.6 Å². The van der Waals surface area contributed by atoms with Gasteiger partial charge in [0.25, 0.3) is 0 Å². The first-order valence-corrected chi connectivity index (χ1v) is 6.01. The molecule has 6 heteroatoms. The average Bonchev–Trinajstić information content (AvgIpc) is 2.39. The van der Waals surface area contributed by atoms with Crippen LogP contribution in [-0.2, 0) is 11.3 Å². The Morgan fingerprint density at radius 1 is 1.20 bits per heavy atom. The summed E-state index contributed by atoms with van der Waals surface area (Å²) in [5.74, 6) is -2.00. The highest BCUT2D eigenvalue weighted by atomic mass is 35.5. The highest BCUT2D eigenvalue weighted by Gasteiger charge is 2.13. The molecule has 0 aliphatic carbocycles. The summed E-state index contributed by atoms with van der Waals surface area (Å²) in [6, 6.07) is 7.22. The number of hydrogen-bond acceptors (Lipinski definition) is 3. The van der Waals surface area contributed by atoms with Crippen molar-refractivity contribution < 1.29 is 18.3 Å². The number of benzene rings is 2. The van der Waals surface area contributed by atoms with E-state index in [0.717, 1.165) is 18.2 Å². The monoisotopic (exact) mass is 297 g/mol. The van der Waals surface area contributed by atoms with Gasteiger partial charge in [0.15, 0.2) is 0 Å². The number of nitrogen functional groups attached to an aromatic ring is 1. The van der Waals surface area contributed by atoms with Crippen LogP contribution in [0.1, 0.15) is 15.9 Å². The molecule has 3 nitrogen and oxygen atoms in total. The second-order valence-electron chi connectivity index (χ2n) is 4.05. The number of hydrogen-bond donors (Lipinski definition) is 1. The Labute approximate surface area is 118 Å². The molecule has 104 valence electrons. The lowest BCUT2D eigenvalue weighted by atomic mass is 10.2. The van der Waals surface area contributed by atoms with E-state index in [9.17, 15) is 13.6 Å². The predicted molar refractivity (Wildman–Crippen MR) is 71.3 cm³/mol. The molecule has 0 unspecified atom stereocenters. The van der Waals surface area contributed by atoms with Crippen LogP contribution in [0.5, 0.6) is 0 Å². The predicted octanol–water partition coefficient (Wildman–Crippen LogP) is 3.56. The summed E-state index contributed by atoms with van der Waals surface area (Å²) in [7, 11) is 0. The number of carbonyl (C=O) groups excluding carboxylic acids is 1. The number of carbonyl (C=O) groups is 1. The Kier molecular flexibility index (Phi) is 4.20. The van der Waals surface area contributed by atoms with E-state index in [1.165, 1.54) is 18.2 Å². The molecule has 0 atom stereocenters. The van der Waals surface area contributed by atoms with Gasteiger partial charge in [0.2, 0.25) is 0 Å². The fourth-order valence-corrected chi connectivity index (χ4v) is 1.84. The van der Waals surface area contributed by atoms with Gasteiger partial charge >= 0.3 is 5.97 Å². The molecule has 0 spiro atoms. The molecule has 0 fully saturated rings. The summed E-state index contributed by atoms with van der Waals surface area (Å²) in [4.78, 5) is 11.8. The Hall–Kier alpha value is -2.14. The zero-order chi connectivity index (χ0) is 14.7. The minimum atomic E-state index is -0.737. The van der Waals surface area contributed by atoms with Crippen molar-refractivity contribution in [3.05, 3.63) is 64.2 Å². The molecule has 0 amide bonds. The van der Waals surface area contributed by atoms with Gasteiger partial charge in [-0.05, 0) is 36.4 Å². The van der Waals surface area contributed by atoms with Crippen LogP contribution in [0.2, 0.25) is 5.02 Å². The van der Waals surface area contributed by atoms with Crippen molar-refractivity contribution >= 4 is 23.3 Å². The summed E-state index contributed by atoms with van der Waals surface area (Å²) in [5.41, 5.74) is 5.96. The quantitative estimate of drug-likeness (QED) is 0.696. The summed E-state index contributed by atoms with van der Waals surface area (Å²) >= 11 is 5.85. The van der Waals surface area contributed by atoms with Crippen LogP contribution in [0.4, 0.5) is 14.5 Å². The molecule has 0 aromatic heterocycles. The van der Waals surface area contributed by atoms with Crippen LogP contribution in [0, 0.1) is 11.6 Å². The van der Waals surface area contributed by atoms with Crippen LogP contribution in [0.25, 0.3) is 0 Å². The molecular formula is C14H10ClF2NO2. The second kappa shape index (κ2) is 5.88. The first-order chi connectivity index (χ1) is 9.47. The molecule has 0 bridgehead atoms. The topological polar surface area (TPSA) is 52.3 Å². The Bertz CT molecular complexity index is 662. The van der Waals surface area contributed by atoms with E-state index in [1.807, 2.05) is 0 Å². The lowest BCUT2D eigenvalue weighted by Gasteiger charge is -2.07. The molecule has 0 radical (unpaired) electrons. The molecule has 20 heavy (non-hydrogen) atoms. The van der Waals surface area contributed by atoms with Crippen LogP contribution < -0.4 is 5.73 Å². The van der Waals surface area contributed by atoms with Gasteiger partial charge in [0.05, 0.1) is 10.6 Å². The third kappa shape index (κ3) is 3.24. The first kappa shape index (κ1) is 14.3. The normalized spacial score (nSPS) is 10.3. The Morgan fingerprint density at radius 2 is 1.95 bits per heavy atom. The SMILES string of the molecule is Nc1ccc(C(=O)OCc2cc(F)ccc2F)c(Cl)c1. The molecule has 2 aromatic carbocycles. The zero-order valence-electron chi connectivity index (χ0n) is 10.2. The molecule has 2 rings (SSSR count). The maximum absolute atomic E-state index is 13.4. The fraction of sp³-hybridized carbons (Fsp3) is 0.0714. The van der Waals surface area contributed by atoms with Crippen LogP contribution >= 0.6 is 11.6 Å². The van der Waals surface area contributed by atoms with Gasteiger partial charge in [-0.3, -0.25) is 0 Å². The molecule has 0 aliphatic rings. The van der Waals surface area contributed by atoms with Crippen molar-refractivity contribution in [2.75, 3.05) is 5.73 Å². The lowest BCUT2D eigenvalue weighted by Crippen LogP contribution is -2.07. The summed E-state index contributed by atoms with van der Waals surface area (Å²) in [6.45, 7) is -0.386. The molecule has 2 N–H and O–H groups in total. The van der Waals surface area contributed by atoms with E-state index in [4.69, 9.17) is 22.1 Å². The smallest absolute Gasteiger partial charge is 0.339 e. The summed E-state index contributed by atoms with van der Waals surface area (Å²) in [6.07, 6.45) is 0. The van der Waals surface area contributed by atoms with Crippen molar-refractivity contribution in [2.24, 2.45) is 0 Å². The van der Waals surface area contributed by atoms with Crippen molar-refractivity contribution in [3.63, 3.8) is 0 Å². The summed E-state index contributed by atoms with van der Waals surface area (Å²) < 4.78 is 31.2. The average molecular weight is 298 g/mol. The zero-order valence-corrected chi connectivity index (χ0v) is 11.0. The van der Waals surface area contributed by atoms with Crippen LogP contribution in [-0.4, -0.2) is 5.97 Å². The third-order valence-electron chi connectivity index (χ3n) is 2.58. The number of rotatable bonds is 3. The van der Waals surface area contributed by atoms with Crippen LogP contribution in [0.15, 0.2) is 36.4 Å². The first-order valence-electron chi connectivity index (χ1n) is 5.63. The molecular weight excluding hydrogens is 288 g/mol. The maximum atomic E-state index is 13.4. The maximum Gasteiger partial charge on any atom is 0.339 e.